The molecular formula is C19H8F6N2O4. The molecule has 12 heteroatoms. The molecule has 0 amide bonds. The number of hydrogen-bond acceptors (Lipinski definition) is 4. The van der Waals surface area contributed by atoms with Crippen molar-refractivity contribution < 1.29 is 46.1 Å². The minimum atomic E-state index is -6.18. The Morgan fingerprint density at radius 1 is 0.677 bits per heavy atom. The topological polar surface area (TPSA) is 122 Å². The number of halogens is 6. The molecule has 0 radical (unpaired) electrons. The highest BCUT2D eigenvalue weighted by atomic mass is 19.4. The molecule has 160 valence electrons. The summed E-state index contributed by atoms with van der Waals surface area (Å²) < 4.78 is 85.2. The highest BCUT2D eigenvalue weighted by molar-refractivity contribution is 5.89. The van der Waals surface area contributed by atoms with Gasteiger partial charge in [0.25, 0.3) is 0 Å². The van der Waals surface area contributed by atoms with Gasteiger partial charge in [-0.25, -0.2) is 9.59 Å². The van der Waals surface area contributed by atoms with Crippen molar-refractivity contribution in [3.8, 4) is 12.1 Å². The number of carboxylic acid groups (broad SMARTS) is 2. The van der Waals surface area contributed by atoms with Gasteiger partial charge in [-0.05, 0) is 47.5 Å². The summed E-state index contributed by atoms with van der Waals surface area (Å²) in [6, 6.07) is 4.39. The second-order valence-corrected chi connectivity index (χ2v) is 6.18. The molecule has 0 fully saturated rings. The van der Waals surface area contributed by atoms with Crippen LogP contribution >= 0.6 is 0 Å². The number of carboxylic acids is 2. The van der Waals surface area contributed by atoms with E-state index in [9.17, 15) is 35.9 Å². The first-order valence-electron chi connectivity index (χ1n) is 7.90. The first-order chi connectivity index (χ1) is 14.2. The van der Waals surface area contributed by atoms with E-state index in [1.54, 1.807) is 0 Å². The Morgan fingerprint density at radius 3 is 1.23 bits per heavy atom. The van der Waals surface area contributed by atoms with Crippen LogP contribution in [-0.4, -0.2) is 34.5 Å². The maximum atomic E-state index is 14.2. The van der Waals surface area contributed by atoms with Crippen LogP contribution in [0.5, 0.6) is 0 Å². The number of aromatic carboxylic acids is 2. The zero-order valence-corrected chi connectivity index (χ0v) is 14.8. The van der Waals surface area contributed by atoms with Gasteiger partial charge >= 0.3 is 24.3 Å². The van der Waals surface area contributed by atoms with Crippen molar-refractivity contribution >= 4 is 11.9 Å². The Hall–Kier alpha value is -4.06. The minimum Gasteiger partial charge on any atom is -0.478 e. The van der Waals surface area contributed by atoms with Crippen molar-refractivity contribution in [2.75, 3.05) is 0 Å². The monoisotopic (exact) mass is 442 g/mol. The van der Waals surface area contributed by atoms with E-state index in [0.29, 0.717) is 12.1 Å². The first-order valence-corrected chi connectivity index (χ1v) is 7.90. The number of hydrogen-bond donors (Lipinski definition) is 2. The van der Waals surface area contributed by atoms with E-state index in [1.807, 2.05) is 0 Å². The van der Waals surface area contributed by atoms with Crippen molar-refractivity contribution in [1.82, 2.24) is 0 Å². The molecule has 0 atom stereocenters. The van der Waals surface area contributed by atoms with E-state index in [2.05, 4.69) is 0 Å². The fourth-order valence-corrected chi connectivity index (χ4v) is 3.05. The Labute approximate surface area is 169 Å². The second-order valence-electron chi connectivity index (χ2n) is 6.18. The summed E-state index contributed by atoms with van der Waals surface area (Å²) in [6.45, 7) is 0. The molecule has 2 aromatic carbocycles. The molecule has 0 unspecified atom stereocenters. The summed E-state index contributed by atoms with van der Waals surface area (Å²) in [7, 11) is 0. The van der Waals surface area contributed by atoms with Gasteiger partial charge in [-0.3, -0.25) is 0 Å². The minimum absolute atomic E-state index is 0.101. The van der Waals surface area contributed by atoms with Crippen LogP contribution in [0.2, 0.25) is 0 Å². The van der Waals surface area contributed by atoms with Gasteiger partial charge in [0.2, 0.25) is 5.41 Å². The van der Waals surface area contributed by atoms with E-state index in [4.69, 9.17) is 20.7 Å². The summed E-state index contributed by atoms with van der Waals surface area (Å²) in [6.07, 6.45) is -12.4. The molecule has 0 aliphatic rings. The van der Waals surface area contributed by atoms with Gasteiger partial charge in [-0.2, -0.15) is 36.9 Å². The summed E-state index contributed by atoms with van der Waals surface area (Å²) >= 11 is 0. The Balaban J connectivity index is 3.17. The average molecular weight is 442 g/mol. The predicted molar refractivity (Wildman–Crippen MR) is 89.1 cm³/mol. The van der Waals surface area contributed by atoms with E-state index in [-0.39, 0.29) is 24.3 Å². The smallest absolute Gasteiger partial charge is 0.411 e. The van der Waals surface area contributed by atoms with Gasteiger partial charge in [0.1, 0.15) is 0 Å². The van der Waals surface area contributed by atoms with Crippen molar-refractivity contribution in [3.63, 3.8) is 0 Å². The fraction of sp³-hybridized carbons (Fsp3) is 0.158. The standard InChI is InChI=1S/C19H8F6N2O4/c20-18(21,22)17(19(23,24)25,13-3-9(7-26)1-11(5-13)15(28)29)14-4-10(8-27)2-12(6-14)16(30)31/h1-6H,(H,28,29)(H,30,31). The van der Waals surface area contributed by atoms with Gasteiger partial charge in [-0.15, -0.1) is 0 Å². The predicted octanol–water partition coefficient (Wildman–Crippen LogP) is 4.24. The normalized spacial score (nSPS) is 12.0. The third-order valence-corrected chi connectivity index (χ3v) is 4.33. The van der Waals surface area contributed by atoms with Crippen LogP contribution in [0.15, 0.2) is 36.4 Å². The van der Waals surface area contributed by atoms with Crippen molar-refractivity contribution in [3.05, 3.63) is 69.8 Å². The van der Waals surface area contributed by atoms with E-state index in [1.165, 1.54) is 12.1 Å². The highest BCUT2D eigenvalue weighted by Gasteiger charge is 2.72. The number of benzene rings is 2. The van der Waals surface area contributed by atoms with Gasteiger partial charge in [0.15, 0.2) is 0 Å². The molecule has 2 rings (SSSR count). The Bertz CT molecular complexity index is 1060. The van der Waals surface area contributed by atoms with Crippen LogP contribution in [0.4, 0.5) is 26.3 Å². The molecule has 0 aliphatic carbocycles. The highest BCUT2D eigenvalue weighted by Crippen LogP contribution is 2.56. The summed E-state index contributed by atoms with van der Waals surface area (Å²) in [5, 5.41) is 36.1. The van der Waals surface area contributed by atoms with E-state index in [0.717, 1.165) is 0 Å². The van der Waals surface area contributed by atoms with E-state index < -0.39 is 63.1 Å². The van der Waals surface area contributed by atoms with Crippen LogP contribution in [0.3, 0.4) is 0 Å². The van der Waals surface area contributed by atoms with Gasteiger partial charge in [-0.1, -0.05) is 0 Å². The number of nitrogens with zero attached hydrogens (tertiary/aromatic N) is 2. The molecule has 0 aromatic heterocycles. The van der Waals surface area contributed by atoms with Crippen LogP contribution < -0.4 is 0 Å². The van der Waals surface area contributed by atoms with Crippen molar-refractivity contribution in [2.24, 2.45) is 0 Å². The molecule has 0 aliphatic heterocycles. The summed E-state index contributed by atoms with van der Waals surface area (Å²) in [5.41, 5.74) is -11.9. The molecule has 0 heterocycles. The number of alkyl halides is 6. The van der Waals surface area contributed by atoms with Crippen LogP contribution in [0, 0.1) is 22.7 Å². The molecule has 2 aromatic rings. The first kappa shape index (κ1) is 23.2. The Kier molecular flexibility index (Phi) is 5.73. The number of carbonyl (C=O) groups is 2. The molecule has 0 saturated heterocycles. The molecule has 0 bridgehead atoms. The van der Waals surface area contributed by atoms with Gasteiger partial charge in [0, 0.05) is 0 Å². The second kappa shape index (κ2) is 7.65. The quantitative estimate of drug-likeness (QED) is 0.683. The van der Waals surface area contributed by atoms with E-state index >= 15 is 0 Å². The van der Waals surface area contributed by atoms with Gasteiger partial charge in [0.05, 0.1) is 34.4 Å². The number of nitriles is 2. The maximum absolute atomic E-state index is 14.2. The zero-order chi connectivity index (χ0) is 23.8. The lowest BCUT2D eigenvalue weighted by Gasteiger charge is -2.38. The van der Waals surface area contributed by atoms with Crippen molar-refractivity contribution in [2.45, 2.75) is 17.8 Å². The average Bonchev–Trinajstić information content (AvgIpc) is 2.65. The summed E-state index contributed by atoms with van der Waals surface area (Å²) in [5.74, 6) is -3.79. The molecule has 6 nitrogen and oxygen atoms in total. The van der Waals surface area contributed by atoms with Crippen LogP contribution in [0.25, 0.3) is 0 Å². The fourth-order valence-electron chi connectivity index (χ4n) is 3.05. The zero-order valence-electron chi connectivity index (χ0n) is 14.8. The maximum Gasteiger partial charge on any atom is 0.411 e. The molecule has 0 spiro atoms. The Morgan fingerprint density at radius 2 is 1.00 bits per heavy atom. The van der Waals surface area contributed by atoms with Crippen LogP contribution in [0.1, 0.15) is 43.0 Å². The third kappa shape index (κ3) is 3.88. The largest absolute Gasteiger partial charge is 0.478 e. The molecule has 2 N–H and O–H groups in total. The van der Waals surface area contributed by atoms with Crippen molar-refractivity contribution in [1.29, 1.82) is 10.5 Å². The van der Waals surface area contributed by atoms with Gasteiger partial charge < -0.3 is 10.2 Å². The van der Waals surface area contributed by atoms with Crippen LogP contribution in [-0.2, 0) is 5.41 Å². The summed E-state index contributed by atoms with van der Waals surface area (Å²) in [4.78, 5) is 22.5. The number of rotatable bonds is 4. The molecule has 0 saturated carbocycles. The molecular weight excluding hydrogens is 434 g/mol. The lowest BCUT2D eigenvalue weighted by atomic mass is 9.71. The molecule has 31 heavy (non-hydrogen) atoms. The lowest BCUT2D eigenvalue weighted by Crippen LogP contribution is -2.55. The third-order valence-electron chi connectivity index (χ3n) is 4.33. The SMILES string of the molecule is N#Cc1cc(C(=O)O)cc(C(c2cc(C#N)cc(C(=O)O)c2)(C(F)(F)F)C(F)(F)F)c1. The lowest BCUT2D eigenvalue weighted by molar-refractivity contribution is -0.288.